The Labute approximate surface area is 115 Å². The van der Waals surface area contributed by atoms with Crippen LogP contribution in [0.25, 0.3) is 0 Å². The van der Waals surface area contributed by atoms with Crippen molar-refractivity contribution in [2.45, 2.75) is 59.8 Å². The third kappa shape index (κ3) is 8.33. The maximum absolute atomic E-state index is 3.93. The molecule has 0 amide bonds. The lowest BCUT2D eigenvalue weighted by Crippen LogP contribution is -1.98. The Morgan fingerprint density at radius 1 is 1.00 bits per heavy atom. The van der Waals surface area contributed by atoms with Gasteiger partial charge < -0.3 is 0 Å². The Bertz CT molecular complexity index is 257. The smallest absolute Gasteiger partial charge is 0.0236 e. The van der Waals surface area contributed by atoms with Gasteiger partial charge in [0.2, 0.25) is 0 Å². The van der Waals surface area contributed by atoms with Crippen LogP contribution in [0, 0.1) is 17.8 Å². The molecule has 0 saturated heterocycles. The van der Waals surface area contributed by atoms with E-state index >= 15 is 0 Å². The summed E-state index contributed by atoms with van der Waals surface area (Å²) in [6.45, 7) is 16.8. The van der Waals surface area contributed by atoms with Crippen molar-refractivity contribution in [3.05, 3.63) is 37.0 Å². The van der Waals surface area contributed by atoms with Gasteiger partial charge >= 0.3 is 0 Å². The molecule has 0 heterocycles. The van der Waals surface area contributed by atoms with Crippen LogP contribution < -0.4 is 0 Å². The van der Waals surface area contributed by atoms with E-state index in [1.54, 1.807) is 5.57 Å². The molecule has 0 fully saturated rings. The quantitative estimate of drug-likeness (QED) is 0.406. The van der Waals surface area contributed by atoms with Crippen LogP contribution in [0.4, 0.5) is 0 Å². The lowest BCUT2D eigenvalue weighted by atomic mass is 9.92. The lowest BCUT2D eigenvalue weighted by molar-refractivity contribution is 0.550. The van der Waals surface area contributed by atoms with Gasteiger partial charge in [0.05, 0.1) is 0 Å². The zero-order chi connectivity index (χ0) is 14.0. The highest BCUT2D eigenvalue weighted by Crippen LogP contribution is 2.22. The average Bonchev–Trinajstić information content (AvgIpc) is 2.35. The van der Waals surface area contributed by atoms with Crippen LogP contribution in [0.1, 0.15) is 59.8 Å². The van der Waals surface area contributed by atoms with Gasteiger partial charge in [0.15, 0.2) is 0 Å². The Kier molecular flexibility index (Phi) is 9.73. The standard InChI is InChI=1S/C18H32/c1-7-16(6)10-11-18(14-15(4)5)13-12-17(8-2)9-3/h7-8,14-17H,1-2,9-13H2,3-6H3. The van der Waals surface area contributed by atoms with Crippen molar-refractivity contribution >= 4 is 0 Å². The van der Waals surface area contributed by atoms with Crippen LogP contribution in [0.2, 0.25) is 0 Å². The lowest BCUT2D eigenvalue weighted by Gasteiger charge is -2.14. The largest absolute Gasteiger partial charge is 0.103 e. The van der Waals surface area contributed by atoms with E-state index in [9.17, 15) is 0 Å². The predicted molar refractivity (Wildman–Crippen MR) is 84.7 cm³/mol. The first-order chi connectivity index (χ1) is 8.53. The number of hydrogen-bond donors (Lipinski definition) is 0. The molecule has 0 bridgehead atoms. The molecule has 18 heavy (non-hydrogen) atoms. The van der Waals surface area contributed by atoms with E-state index < -0.39 is 0 Å². The van der Waals surface area contributed by atoms with Crippen LogP contribution in [-0.4, -0.2) is 0 Å². The molecule has 0 nitrogen and oxygen atoms in total. The van der Waals surface area contributed by atoms with Crippen molar-refractivity contribution in [3.8, 4) is 0 Å². The minimum atomic E-state index is 0.627. The van der Waals surface area contributed by atoms with E-state index in [1.807, 2.05) is 0 Å². The van der Waals surface area contributed by atoms with E-state index in [0.29, 0.717) is 17.8 Å². The van der Waals surface area contributed by atoms with Crippen molar-refractivity contribution in [2.75, 3.05) is 0 Å². The maximum atomic E-state index is 3.93. The van der Waals surface area contributed by atoms with Crippen LogP contribution in [-0.2, 0) is 0 Å². The molecular weight excluding hydrogens is 216 g/mol. The molecule has 0 saturated carbocycles. The second-order valence-electron chi connectivity index (χ2n) is 5.76. The van der Waals surface area contributed by atoms with Crippen LogP contribution >= 0.6 is 0 Å². The van der Waals surface area contributed by atoms with Crippen molar-refractivity contribution in [1.82, 2.24) is 0 Å². The van der Waals surface area contributed by atoms with Crippen molar-refractivity contribution in [3.63, 3.8) is 0 Å². The summed E-state index contributed by atoms with van der Waals surface area (Å²) in [6, 6.07) is 0. The third-order valence-corrected chi connectivity index (χ3v) is 3.59. The molecule has 0 aromatic heterocycles. The second-order valence-corrected chi connectivity index (χ2v) is 5.76. The number of rotatable bonds is 10. The van der Waals surface area contributed by atoms with Gasteiger partial charge in [-0.05, 0) is 49.9 Å². The SMILES string of the molecule is C=CC(C)CCC(=CC(C)C)CCC(C=C)CC. The summed E-state index contributed by atoms with van der Waals surface area (Å²) in [5.41, 5.74) is 1.62. The molecule has 2 atom stereocenters. The van der Waals surface area contributed by atoms with E-state index in [4.69, 9.17) is 0 Å². The van der Waals surface area contributed by atoms with Crippen molar-refractivity contribution in [1.29, 1.82) is 0 Å². The fourth-order valence-electron chi connectivity index (χ4n) is 2.15. The molecule has 2 unspecified atom stereocenters. The molecule has 0 radical (unpaired) electrons. The minimum absolute atomic E-state index is 0.627. The highest BCUT2D eigenvalue weighted by atomic mass is 14.1. The second kappa shape index (κ2) is 10.2. The monoisotopic (exact) mass is 248 g/mol. The molecule has 0 aliphatic rings. The van der Waals surface area contributed by atoms with Crippen molar-refractivity contribution < 1.29 is 0 Å². The highest BCUT2D eigenvalue weighted by molar-refractivity contribution is 5.05. The predicted octanol–water partition coefficient (Wildman–Crippen LogP) is 6.16. The normalized spacial score (nSPS) is 15.5. The third-order valence-electron chi connectivity index (χ3n) is 3.59. The summed E-state index contributed by atoms with van der Waals surface area (Å²) < 4.78 is 0. The molecular formula is C18H32. The Morgan fingerprint density at radius 2 is 1.61 bits per heavy atom. The van der Waals surface area contributed by atoms with Gasteiger partial charge in [-0.1, -0.05) is 51.5 Å². The maximum Gasteiger partial charge on any atom is -0.0236 e. The topological polar surface area (TPSA) is 0 Å². The van der Waals surface area contributed by atoms with Crippen LogP contribution in [0.5, 0.6) is 0 Å². The Morgan fingerprint density at radius 3 is 2.06 bits per heavy atom. The van der Waals surface area contributed by atoms with Gasteiger partial charge in [0, 0.05) is 0 Å². The summed E-state index contributed by atoms with van der Waals surface area (Å²) in [6.07, 6.45) is 12.8. The zero-order valence-electron chi connectivity index (χ0n) is 12.9. The summed E-state index contributed by atoms with van der Waals surface area (Å²) in [4.78, 5) is 0. The highest BCUT2D eigenvalue weighted by Gasteiger charge is 2.06. The van der Waals surface area contributed by atoms with E-state index in [2.05, 4.69) is 59.1 Å². The van der Waals surface area contributed by atoms with Gasteiger partial charge in [0.1, 0.15) is 0 Å². The summed E-state index contributed by atoms with van der Waals surface area (Å²) in [5.74, 6) is 1.96. The van der Waals surface area contributed by atoms with Gasteiger partial charge in [0.25, 0.3) is 0 Å². The van der Waals surface area contributed by atoms with Crippen molar-refractivity contribution in [2.24, 2.45) is 17.8 Å². The molecule has 104 valence electrons. The first-order valence-corrected chi connectivity index (χ1v) is 7.48. The van der Waals surface area contributed by atoms with Gasteiger partial charge in [-0.15, -0.1) is 13.2 Å². The van der Waals surface area contributed by atoms with Crippen LogP contribution in [0.15, 0.2) is 37.0 Å². The van der Waals surface area contributed by atoms with E-state index in [1.165, 1.54) is 32.1 Å². The molecule has 0 aliphatic carbocycles. The van der Waals surface area contributed by atoms with E-state index in [-0.39, 0.29) is 0 Å². The van der Waals surface area contributed by atoms with Gasteiger partial charge in [-0.25, -0.2) is 0 Å². The number of allylic oxidation sites excluding steroid dienone is 4. The number of hydrogen-bond acceptors (Lipinski definition) is 0. The van der Waals surface area contributed by atoms with Gasteiger partial charge in [-0.2, -0.15) is 0 Å². The summed E-state index contributed by atoms with van der Waals surface area (Å²) in [7, 11) is 0. The first-order valence-electron chi connectivity index (χ1n) is 7.48. The molecule has 0 aromatic carbocycles. The summed E-state index contributed by atoms with van der Waals surface area (Å²) in [5, 5.41) is 0. The fraction of sp³-hybridized carbons (Fsp3) is 0.667. The molecule has 0 aromatic rings. The molecule has 0 spiro atoms. The fourth-order valence-corrected chi connectivity index (χ4v) is 2.15. The van der Waals surface area contributed by atoms with E-state index in [0.717, 1.165) is 0 Å². The molecule has 0 rings (SSSR count). The van der Waals surface area contributed by atoms with Crippen LogP contribution in [0.3, 0.4) is 0 Å². The summed E-state index contributed by atoms with van der Waals surface area (Å²) >= 11 is 0. The molecule has 0 heteroatoms. The Hall–Kier alpha value is -0.780. The molecule has 0 aliphatic heterocycles. The minimum Gasteiger partial charge on any atom is -0.103 e. The Balaban J connectivity index is 4.32. The zero-order valence-corrected chi connectivity index (χ0v) is 12.9. The average molecular weight is 248 g/mol. The first kappa shape index (κ1) is 17.2. The van der Waals surface area contributed by atoms with Gasteiger partial charge in [-0.3, -0.25) is 0 Å². The molecule has 0 N–H and O–H groups in total.